The van der Waals surface area contributed by atoms with Crippen LogP contribution in [0.25, 0.3) is 0 Å². The molecule has 0 unspecified atom stereocenters. The molecule has 27 heavy (non-hydrogen) atoms. The first-order valence-electron chi connectivity index (χ1n) is 10.7. The third kappa shape index (κ3) is 5.06. The summed E-state index contributed by atoms with van der Waals surface area (Å²) in [5, 5.41) is 21.9. The molecule has 2 N–H and O–H groups in total. The monoisotopic (exact) mass is 368 g/mol. The lowest BCUT2D eigenvalue weighted by molar-refractivity contribution is 0.453. The largest absolute Gasteiger partial charge is 0.507 e. The molecule has 0 amide bonds. The fourth-order valence-electron chi connectivity index (χ4n) is 3.82. The van der Waals surface area contributed by atoms with E-state index in [9.17, 15) is 10.2 Å². The van der Waals surface area contributed by atoms with Crippen molar-refractivity contribution in [3.05, 3.63) is 57.6 Å². The molecule has 0 heterocycles. The topological polar surface area (TPSA) is 40.5 Å². The fourth-order valence-corrected chi connectivity index (χ4v) is 3.82. The Kier molecular flexibility index (Phi) is 8.22. The van der Waals surface area contributed by atoms with Crippen LogP contribution in [0.3, 0.4) is 0 Å². The number of phenols is 2. The molecule has 0 spiro atoms. The van der Waals surface area contributed by atoms with Crippen LogP contribution in [0.2, 0.25) is 0 Å². The van der Waals surface area contributed by atoms with Crippen LogP contribution in [-0.2, 0) is 32.1 Å². The highest BCUT2D eigenvalue weighted by Crippen LogP contribution is 2.35. The second-order valence-corrected chi connectivity index (χ2v) is 7.51. The Morgan fingerprint density at radius 2 is 0.963 bits per heavy atom. The van der Waals surface area contributed by atoms with Crippen molar-refractivity contribution in [3.63, 3.8) is 0 Å². The molecule has 0 saturated carbocycles. The average Bonchev–Trinajstić information content (AvgIpc) is 2.68. The summed E-state index contributed by atoms with van der Waals surface area (Å²) in [7, 11) is 0. The summed E-state index contributed by atoms with van der Waals surface area (Å²) in [5.41, 5.74) is 6.39. The predicted octanol–water partition coefficient (Wildman–Crippen LogP) is 6.50. The molecule has 0 aromatic heterocycles. The van der Waals surface area contributed by atoms with Gasteiger partial charge < -0.3 is 10.2 Å². The lowest BCUT2D eigenvalue weighted by Gasteiger charge is -2.18. The lowest BCUT2D eigenvalue weighted by atomic mass is 9.89. The molecule has 2 rings (SSSR count). The van der Waals surface area contributed by atoms with Crippen molar-refractivity contribution >= 4 is 0 Å². The Morgan fingerprint density at radius 3 is 1.30 bits per heavy atom. The van der Waals surface area contributed by atoms with Crippen molar-refractivity contribution in [2.45, 2.75) is 85.5 Å². The van der Waals surface area contributed by atoms with Gasteiger partial charge in [-0.15, -0.1) is 0 Å². The van der Waals surface area contributed by atoms with Crippen molar-refractivity contribution in [2.75, 3.05) is 0 Å². The molecule has 148 valence electrons. The van der Waals surface area contributed by atoms with Gasteiger partial charge in [-0.25, -0.2) is 0 Å². The van der Waals surface area contributed by atoms with Crippen LogP contribution in [0.5, 0.6) is 11.5 Å². The van der Waals surface area contributed by atoms with E-state index in [0.29, 0.717) is 17.9 Å². The first-order chi connectivity index (χ1) is 13.1. The normalized spacial score (nSPS) is 11.1. The number of aryl methyl sites for hydroxylation is 4. The van der Waals surface area contributed by atoms with Crippen molar-refractivity contribution in [1.82, 2.24) is 0 Å². The maximum Gasteiger partial charge on any atom is 0.122 e. The summed E-state index contributed by atoms with van der Waals surface area (Å²) in [6.07, 6.45) is 8.57. The quantitative estimate of drug-likeness (QED) is 0.502. The van der Waals surface area contributed by atoms with E-state index in [4.69, 9.17) is 0 Å². The number of hydrogen-bond donors (Lipinski definition) is 2. The second kappa shape index (κ2) is 10.4. The van der Waals surface area contributed by atoms with Crippen LogP contribution in [0.15, 0.2) is 24.3 Å². The van der Waals surface area contributed by atoms with Gasteiger partial charge in [-0.1, -0.05) is 64.8 Å². The molecule has 0 atom stereocenters. The third-order valence-corrected chi connectivity index (χ3v) is 5.64. The molecule has 0 aliphatic carbocycles. The van der Waals surface area contributed by atoms with Crippen molar-refractivity contribution < 1.29 is 10.2 Å². The zero-order valence-corrected chi connectivity index (χ0v) is 17.6. The Balaban J connectivity index is 2.48. The first-order valence-corrected chi connectivity index (χ1v) is 10.7. The van der Waals surface area contributed by atoms with Crippen LogP contribution in [0.4, 0.5) is 0 Å². The summed E-state index contributed by atoms with van der Waals surface area (Å²) in [5.74, 6) is 0.867. The van der Waals surface area contributed by atoms with Gasteiger partial charge in [0, 0.05) is 17.5 Å². The molecule has 0 aliphatic rings. The van der Waals surface area contributed by atoms with E-state index < -0.39 is 0 Å². The van der Waals surface area contributed by atoms with E-state index in [2.05, 4.69) is 52.0 Å². The SMILES string of the molecule is CCCCc1ccc(CC)c(Cc2c(CC)ccc(CCCC)c2O)c1O. The molecule has 0 saturated heterocycles. The van der Waals surface area contributed by atoms with E-state index in [0.717, 1.165) is 73.6 Å². The molecular formula is C25H36O2. The highest BCUT2D eigenvalue weighted by molar-refractivity contribution is 5.53. The van der Waals surface area contributed by atoms with Crippen LogP contribution in [-0.4, -0.2) is 10.2 Å². The summed E-state index contributed by atoms with van der Waals surface area (Å²) in [4.78, 5) is 0. The van der Waals surface area contributed by atoms with Gasteiger partial charge in [-0.2, -0.15) is 0 Å². The molecule has 2 aromatic rings. The predicted molar refractivity (Wildman–Crippen MR) is 115 cm³/mol. The Labute approximate surface area is 165 Å². The zero-order valence-electron chi connectivity index (χ0n) is 17.6. The second-order valence-electron chi connectivity index (χ2n) is 7.51. The number of hydrogen-bond acceptors (Lipinski definition) is 2. The molecule has 2 nitrogen and oxygen atoms in total. The minimum Gasteiger partial charge on any atom is -0.507 e. The molecule has 0 fully saturated rings. The molecule has 2 heteroatoms. The molecule has 0 bridgehead atoms. The number of rotatable bonds is 10. The molecular weight excluding hydrogens is 332 g/mol. The minimum absolute atomic E-state index is 0.434. The molecule has 0 aliphatic heterocycles. The van der Waals surface area contributed by atoms with E-state index in [1.54, 1.807) is 0 Å². The average molecular weight is 369 g/mol. The number of benzene rings is 2. The Hall–Kier alpha value is -1.96. The summed E-state index contributed by atoms with van der Waals surface area (Å²) < 4.78 is 0. The maximum atomic E-state index is 11.0. The van der Waals surface area contributed by atoms with Crippen LogP contribution >= 0.6 is 0 Å². The van der Waals surface area contributed by atoms with E-state index >= 15 is 0 Å². The van der Waals surface area contributed by atoms with Crippen LogP contribution in [0, 0.1) is 0 Å². The minimum atomic E-state index is 0.434. The lowest BCUT2D eigenvalue weighted by Crippen LogP contribution is -2.03. The van der Waals surface area contributed by atoms with Gasteiger partial charge in [0.25, 0.3) is 0 Å². The Morgan fingerprint density at radius 1 is 0.593 bits per heavy atom. The van der Waals surface area contributed by atoms with Crippen molar-refractivity contribution in [2.24, 2.45) is 0 Å². The highest BCUT2D eigenvalue weighted by atomic mass is 16.3. The van der Waals surface area contributed by atoms with Gasteiger partial charge in [0.05, 0.1) is 0 Å². The first kappa shape index (κ1) is 21.3. The van der Waals surface area contributed by atoms with Crippen molar-refractivity contribution in [3.8, 4) is 11.5 Å². The van der Waals surface area contributed by atoms with Crippen LogP contribution < -0.4 is 0 Å². The van der Waals surface area contributed by atoms with Gasteiger partial charge in [0.1, 0.15) is 11.5 Å². The van der Waals surface area contributed by atoms with Gasteiger partial charge in [-0.3, -0.25) is 0 Å². The number of aromatic hydroxyl groups is 2. The standard InChI is InChI=1S/C25H36O2/c1-5-9-11-20-15-13-18(7-3)22(24(20)26)17-23-19(8-4)14-16-21(25(23)27)12-10-6-2/h13-16,26-27H,5-12,17H2,1-4H3. The van der Waals surface area contributed by atoms with Gasteiger partial charge >= 0.3 is 0 Å². The van der Waals surface area contributed by atoms with Crippen LogP contribution in [0.1, 0.15) is 86.8 Å². The highest BCUT2D eigenvalue weighted by Gasteiger charge is 2.18. The summed E-state index contributed by atoms with van der Waals surface area (Å²) in [6.45, 7) is 8.60. The number of phenolic OH excluding ortho intramolecular Hbond substituents is 2. The van der Waals surface area contributed by atoms with E-state index in [1.165, 1.54) is 11.1 Å². The maximum absolute atomic E-state index is 11.0. The van der Waals surface area contributed by atoms with E-state index in [-0.39, 0.29) is 0 Å². The van der Waals surface area contributed by atoms with Gasteiger partial charge in [-0.05, 0) is 60.8 Å². The van der Waals surface area contributed by atoms with Gasteiger partial charge in [0.2, 0.25) is 0 Å². The molecule has 2 aromatic carbocycles. The van der Waals surface area contributed by atoms with E-state index in [1.807, 2.05) is 0 Å². The molecule has 0 radical (unpaired) electrons. The summed E-state index contributed by atoms with van der Waals surface area (Å²) in [6, 6.07) is 8.46. The number of unbranched alkanes of at least 4 members (excludes halogenated alkanes) is 2. The Bertz CT molecular complexity index is 683. The smallest absolute Gasteiger partial charge is 0.122 e. The van der Waals surface area contributed by atoms with Gasteiger partial charge in [0.15, 0.2) is 0 Å². The third-order valence-electron chi connectivity index (χ3n) is 5.64. The fraction of sp³-hybridized carbons (Fsp3) is 0.520. The summed E-state index contributed by atoms with van der Waals surface area (Å²) >= 11 is 0. The van der Waals surface area contributed by atoms with Crippen molar-refractivity contribution in [1.29, 1.82) is 0 Å². The zero-order chi connectivity index (χ0) is 19.8.